The summed E-state index contributed by atoms with van der Waals surface area (Å²) in [7, 11) is 0. The van der Waals surface area contributed by atoms with E-state index in [2.05, 4.69) is 25.8 Å². The summed E-state index contributed by atoms with van der Waals surface area (Å²) in [6.45, 7) is 6.49. The maximum atomic E-state index is 6.00. The van der Waals surface area contributed by atoms with Gasteiger partial charge in [-0.1, -0.05) is 44.5 Å². The Morgan fingerprint density at radius 3 is 2.53 bits per heavy atom. The van der Waals surface area contributed by atoms with E-state index in [1.54, 1.807) is 0 Å². The Labute approximate surface area is 124 Å². The molecule has 5 heteroatoms. The highest BCUT2D eigenvalue weighted by Crippen LogP contribution is 2.30. The molecule has 1 heterocycles. The third kappa shape index (κ3) is 3.50. The van der Waals surface area contributed by atoms with Crippen molar-refractivity contribution in [3.63, 3.8) is 0 Å². The topological polar surface area (TPSA) is 52.0 Å². The highest BCUT2D eigenvalue weighted by molar-refractivity contribution is 6.30. The Morgan fingerprint density at radius 2 is 2.00 bits per heavy atom. The van der Waals surface area contributed by atoms with Gasteiger partial charge in [0.2, 0.25) is 0 Å². The number of hydrogen-bond donors (Lipinski definition) is 1. The summed E-state index contributed by atoms with van der Waals surface area (Å²) in [6, 6.07) is 7.54. The third-order valence-corrected chi connectivity index (χ3v) is 2.86. The van der Waals surface area contributed by atoms with Gasteiger partial charge in [0.25, 0.3) is 0 Å². The lowest BCUT2D eigenvalue weighted by molar-refractivity contribution is 0.373. The monoisotopic (exact) mass is 300 g/mol. The highest BCUT2D eigenvalue weighted by atomic mass is 35.5. The summed E-state index contributed by atoms with van der Waals surface area (Å²) < 4.78 is 5.74. The van der Waals surface area contributed by atoms with Crippen molar-refractivity contribution in [2.75, 3.05) is 0 Å². The molecule has 3 nitrogen and oxygen atoms in total. The first-order chi connectivity index (χ1) is 8.41. The molecule has 104 valence electrons. The first-order valence-electron chi connectivity index (χ1n) is 5.88. The molecule has 0 atom stereocenters. The van der Waals surface area contributed by atoms with Gasteiger partial charge in [0, 0.05) is 16.0 Å². The smallest absolute Gasteiger partial charge is 0.200 e. The van der Waals surface area contributed by atoms with Crippen LogP contribution in [0, 0.1) is 0 Å². The quantitative estimate of drug-likeness (QED) is 0.905. The predicted octanol–water partition coefficient (Wildman–Crippen LogP) is 4.17. The molecule has 0 saturated heterocycles. The van der Waals surface area contributed by atoms with Crippen molar-refractivity contribution >= 4 is 24.0 Å². The van der Waals surface area contributed by atoms with Crippen LogP contribution >= 0.6 is 24.0 Å². The molecule has 0 radical (unpaired) electrons. The zero-order valence-electron chi connectivity index (χ0n) is 11.2. The Balaban J connectivity index is 0.00000180. The zero-order valence-corrected chi connectivity index (χ0v) is 12.8. The second-order valence-electron chi connectivity index (χ2n) is 5.26. The Hall–Kier alpha value is -1.03. The molecular weight excluding hydrogens is 283 g/mol. The normalized spacial score (nSPS) is 11.2. The van der Waals surface area contributed by atoms with E-state index in [1.807, 2.05) is 24.3 Å². The van der Waals surface area contributed by atoms with Gasteiger partial charge >= 0.3 is 0 Å². The molecule has 2 rings (SSSR count). The molecule has 0 unspecified atom stereocenters. The minimum absolute atomic E-state index is 0. The van der Waals surface area contributed by atoms with Gasteiger partial charge in [0.1, 0.15) is 11.5 Å². The average molecular weight is 301 g/mol. The third-order valence-electron chi connectivity index (χ3n) is 2.62. The van der Waals surface area contributed by atoms with Crippen LogP contribution < -0.4 is 5.73 Å². The fourth-order valence-corrected chi connectivity index (χ4v) is 1.86. The van der Waals surface area contributed by atoms with Crippen molar-refractivity contribution in [3.8, 4) is 11.3 Å². The molecule has 1 aromatic heterocycles. The Bertz CT molecular complexity index is 559. The lowest BCUT2D eigenvalue weighted by atomic mass is 9.97. The van der Waals surface area contributed by atoms with E-state index in [9.17, 15) is 0 Å². The van der Waals surface area contributed by atoms with Gasteiger partial charge in [0.15, 0.2) is 5.89 Å². The van der Waals surface area contributed by atoms with Crippen LogP contribution in [0.5, 0.6) is 0 Å². The van der Waals surface area contributed by atoms with Crippen molar-refractivity contribution in [1.82, 2.24) is 4.98 Å². The molecule has 0 aliphatic rings. The molecule has 0 saturated carbocycles. The molecule has 2 aromatic rings. The Kier molecular flexibility index (Phi) is 5.02. The standard InChI is InChI=1S/C14H17ClN2O.ClH/c1-14(2,3)13-17-12(11(8-16)18-13)9-5-4-6-10(15)7-9;/h4-7H,8,16H2,1-3H3;1H. The Morgan fingerprint density at radius 1 is 1.32 bits per heavy atom. The summed E-state index contributed by atoms with van der Waals surface area (Å²) in [5.41, 5.74) is 7.29. The lowest BCUT2D eigenvalue weighted by Gasteiger charge is -2.11. The second kappa shape index (κ2) is 5.95. The van der Waals surface area contributed by atoms with E-state index in [0.717, 1.165) is 11.3 Å². The van der Waals surface area contributed by atoms with E-state index in [1.165, 1.54) is 0 Å². The summed E-state index contributed by atoms with van der Waals surface area (Å²) >= 11 is 6.00. The largest absolute Gasteiger partial charge is 0.443 e. The average Bonchev–Trinajstić information content (AvgIpc) is 2.72. The van der Waals surface area contributed by atoms with E-state index < -0.39 is 0 Å². The molecule has 2 N–H and O–H groups in total. The maximum absolute atomic E-state index is 6.00. The maximum Gasteiger partial charge on any atom is 0.200 e. The number of rotatable bonds is 2. The predicted molar refractivity (Wildman–Crippen MR) is 80.8 cm³/mol. The minimum Gasteiger partial charge on any atom is -0.443 e. The summed E-state index contributed by atoms with van der Waals surface area (Å²) in [6.07, 6.45) is 0. The number of halogens is 2. The van der Waals surface area contributed by atoms with Crippen LogP contribution in [0.15, 0.2) is 28.7 Å². The molecule has 0 amide bonds. The van der Waals surface area contributed by atoms with Gasteiger partial charge in [-0.15, -0.1) is 12.4 Å². The first-order valence-corrected chi connectivity index (χ1v) is 6.26. The van der Waals surface area contributed by atoms with Crippen molar-refractivity contribution in [2.45, 2.75) is 32.7 Å². The van der Waals surface area contributed by atoms with Crippen LogP contribution in [0.25, 0.3) is 11.3 Å². The fourth-order valence-electron chi connectivity index (χ4n) is 1.67. The minimum atomic E-state index is -0.138. The number of hydrogen-bond acceptors (Lipinski definition) is 3. The van der Waals surface area contributed by atoms with Crippen LogP contribution in [0.3, 0.4) is 0 Å². The van der Waals surface area contributed by atoms with Gasteiger partial charge in [-0.3, -0.25) is 0 Å². The molecule has 0 aliphatic heterocycles. The molecule has 0 bridgehead atoms. The van der Waals surface area contributed by atoms with Gasteiger partial charge < -0.3 is 10.2 Å². The summed E-state index contributed by atoms with van der Waals surface area (Å²) in [4.78, 5) is 4.56. The van der Waals surface area contributed by atoms with Crippen LogP contribution in [-0.2, 0) is 12.0 Å². The van der Waals surface area contributed by atoms with Gasteiger partial charge in [-0.05, 0) is 12.1 Å². The number of nitrogens with two attached hydrogens (primary N) is 1. The van der Waals surface area contributed by atoms with E-state index in [4.69, 9.17) is 21.8 Å². The molecular formula is C14H18Cl2N2O. The van der Waals surface area contributed by atoms with E-state index >= 15 is 0 Å². The van der Waals surface area contributed by atoms with E-state index in [0.29, 0.717) is 23.2 Å². The SMILES string of the molecule is CC(C)(C)c1nc(-c2cccc(Cl)c2)c(CN)o1.Cl. The molecule has 0 aliphatic carbocycles. The van der Waals surface area contributed by atoms with Crippen molar-refractivity contribution < 1.29 is 4.42 Å². The van der Waals surface area contributed by atoms with E-state index in [-0.39, 0.29) is 17.8 Å². The van der Waals surface area contributed by atoms with Crippen LogP contribution in [0.2, 0.25) is 5.02 Å². The molecule has 0 fully saturated rings. The van der Waals surface area contributed by atoms with Gasteiger partial charge in [0.05, 0.1) is 6.54 Å². The van der Waals surface area contributed by atoms with Crippen molar-refractivity contribution in [2.24, 2.45) is 5.73 Å². The highest BCUT2D eigenvalue weighted by Gasteiger charge is 2.23. The van der Waals surface area contributed by atoms with Crippen molar-refractivity contribution in [3.05, 3.63) is 40.9 Å². The number of oxazole rings is 1. The summed E-state index contributed by atoms with van der Waals surface area (Å²) in [5.74, 6) is 1.39. The number of aromatic nitrogens is 1. The first kappa shape index (κ1) is 16.0. The zero-order chi connectivity index (χ0) is 13.3. The van der Waals surface area contributed by atoms with Crippen LogP contribution in [0.4, 0.5) is 0 Å². The lowest BCUT2D eigenvalue weighted by Crippen LogP contribution is -2.11. The summed E-state index contributed by atoms with van der Waals surface area (Å²) in [5, 5.41) is 0.677. The van der Waals surface area contributed by atoms with Gasteiger partial charge in [-0.2, -0.15) is 0 Å². The molecule has 19 heavy (non-hydrogen) atoms. The molecule has 0 spiro atoms. The van der Waals surface area contributed by atoms with Crippen LogP contribution in [-0.4, -0.2) is 4.98 Å². The fraction of sp³-hybridized carbons (Fsp3) is 0.357. The molecule has 1 aromatic carbocycles. The van der Waals surface area contributed by atoms with Crippen LogP contribution in [0.1, 0.15) is 32.4 Å². The second-order valence-corrected chi connectivity index (χ2v) is 5.69. The number of benzene rings is 1. The number of nitrogens with zero attached hydrogens (tertiary/aromatic N) is 1. The van der Waals surface area contributed by atoms with Gasteiger partial charge in [-0.25, -0.2) is 4.98 Å². The van der Waals surface area contributed by atoms with Crippen molar-refractivity contribution in [1.29, 1.82) is 0 Å².